The first kappa shape index (κ1) is 49.1. The average Bonchev–Trinajstić information content (AvgIpc) is 3.86. The highest BCUT2D eigenvalue weighted by Gasteiger charge is 2.46. The molecule has 64 heavy (non-hydrogen) atoms. The SMILES string of the molecule is CNCC(=O)NC(C(=O)N1CC(NC(=O)c2ccc(C(=O)NC3CC(C(=O)NC4CCN(O)c5ccccc54)N(C(=O)C(NC(=O)CNC)C(C)(C)C)C3)cc2)CC1C=O)C(C)(C)C. The lowest BCUT2D eigenvalue weighted by molar-refractivity contribution is -0.144. The van der Waals surface area contributed by atoms with Crippen LogP contribution in [0, 0.1) is 10.8 Å². The van der Waals surface area contributed by atoms with Gasteiger partial charge in [-0.05, 0) is 74.5 Å². The van der Waals surface area contributed by atoms with E-state index >= 15 is 0 Å². The number of benzene rings is 2. The molecule has 0 bridgehead atoms. The van der Waals surface area contributed by atoms with Gasteiger partial charge in [0.15, 0.2) is 0 Å². The van der Waals surface area contributed by atoms with E-state index in [2.05, 4.69) is 37.2 Å². The monoisotopic (exact) mass is 888 g/mol. The number of rotatable bonds is 15. The molecule has 19 nitrogen and oxygen atoms in total. The van der Waals surface area contributed by atoms with Crippen molar-refractivity contribution in [1.29, 1.82) is 0 Å². The minimum atomic E-state index is -1.01. The maximum Gasteiger partial charge on any atom is 0.251 e. The zero-order chi connectivity index (χ0) is 47.1. The van der Waals surface area contributed by atoms with E-state index in [0.29, 0.717) is 18.4 Å². The lowest BCUT2D eigenvalue weighted by Gasteiger charge is -2.36. The van der Waals surface area contributed by atoms with Gasteiger partial charge in [0.25, 0.3) is 11.8 Å². The Morgan fingerprint density at radius 3 is 1.69 bits per heavy atom. The van der Waals surface area contributed by atoms with Crippen molar-refractivity contribution in [2.45, 2.75) is 103 Å². The number of amides is 7. The molecule has 3 aliphatic rings. The van der Waals surface area contributed by atoms with Crippen molar-refractivity contribution in [3.05, 3.63) is 65.2 Å². The van der Waals surface area contributed by atoms with Crippen molar-refractivity contribution >= 4 is 53.3 Å². The highest BCUT2D eigenvalue weighted by molar-refractivity contribution is 5.99. The van der Waals surface area contributed by atoms with Crippen LogP contribution < -0.4 is 42.3 Å². The van der Waals surface area contributed by atoms with Gasteiger partial charge in [-0.15, -0.1) is 0 Å². The molecule has 19 heteroatoms. The fourth-order valence-corrected chi connectivity index (χ4v) is 8.43. The molecule has 2 fully saturated rings. The van der Waals surface area contributed by atoms with Crippen LogP contribution in [0.15, 0.2) is 48.5 Å². The predicted octanol–water partition coefficient (Wildman–Crippen LogP) is 0.242. The normalized spacial score (nSPS) is 21.8. The first-order valence-electron chi connectivity index (χ1n) is 21.7. The van der Waals surface area contributed by atoms with E-state index in [1.54, 1.807) is 26.2 Å². The van der Waals surface area contributed by atoms with Gasteiger partial charge >= 0.3 is 0 Å². The molecule has 7 amide bonds. The smallest absolute Gasteiger partial charge is 0.251 e. The number of fused-ring (bicyclic) bond motifs is 1. The van der Waals surface area contributed by atoms with Gasteiger partial charge in [0.05, 0.1) is 30.9 Å². The number of anilines is 1. The van der Waals surface area contributed by atoms with E-state index in [9.17, 15) is 43.6 Å². The number of para-hydroxylation sites is 1. The maximum absolute atomic E-state index is 14.4. The van der Waals surface area contributed by atoms with Crippen LogP contribution in [0.25, 0.3) is 0 Å². The Balaban J connectivity index is 1.27. The topological polar surface area (TPSA) is 251 Å². The van der Waals surface area contributed by atoms with Crippen molar-refractivity contribution in [3.63, 3.8) is 0 Å². The molecular formula is C45H64N10O9. The Kier molecular flexibility index (Phi) is 15.9. The van der Waals surface area contributed by atoms with E-state index < -0.39 is 88.6 Å². The number of aldehydes is 1. The zero-order valence-corrected chi connectivity index (χ0v) is 37.9. The van der Waals surface area contributed by atoms with Crippen LogP contribution in [0.4, 0.5) is 5.69 Å². The maximum atomic E-state index is 14.4. The molecule has 3 heterocycles. The molecule has 2 aromatic rings. The van der Waals surface area contributed by atoms with Crippen LogP contribution in [-0.2, 0) is 28.8 Å². The fraction of sp³-hybridized carbons (Fsp3) is 0.556. The van der Waals surface area contributed by atoms with Crippen LogP contribution in [0.1, 0.15) is 93.1 Å². The summed E-state index contributed by atoms with van der Waals surface area (Å²) in [4.78, 5) is 109. The fourth-order valence-electron chi connectivity index (χ4n) is 8.43. The average molecular weight is 889 g/mol. The Morgan fingerprint density at radius 2 is 1.19 bits per heavy atom. The second-order valence-corrected chi connectivity index (χ2v) is 18.9. The lowest BCUT2D eigenvalue weighted by Crippen LogP contribution is -2.58. The van der Waals surface area contributed by atoms with E-state index in [0.717, 1.165) is 10.6 Å². The van der Waals surface area contributed by atoms with Crippen LogP contribution in [0.2, 0.25) is 0 Å². The van der Waals surface area contributed by atoms with Gasteiger partial charge in [-0.3, -0.25) is 43.8 Å². The van der Waals surface area contributed by atoms with E-state index in [-0.39, 0.29) is 62.6 Å². The molecular weight excluding hydrogens is 825 g/mol. The highest BCUT2D eigenvalue weighted by atomic mass is 16.5. The number of hydroxylamine groups is 1. The van der Waals surface area contributed by atoms with Crippen LogP contribution in [0.3, 0.4) is 0 Å². The quantitative estimate of drug-likeness (QED) is 0.112. The molecule has 2 saturated heterocycles. The molecule has 2 aromatic carbocycles. The van der Waals surface area contributed by atoms with Crippen LogP contribution in [-0.4, -0.2) is 146 Å². The second kappa shape index (κ2) is 20.7. The summed E-state index contributed by atoms with van der Waals surface area (Å²) in [5.74, 6) is -3.10. The van der Waals surface area contributed by atoms with Crippen molar-refractivity contribution in [2.24, 2.45) is 10.8 Å². The molecule has 0 saturated carbocycles. The number of carbonyl (C=O) groups is 8. The number of hydrogen-bond donors (Lipinski definition) is 8. The second-order valence-electron chi connectivity index (χ2n) is 18.9. The van der Waals surface area contributed by atoms with Crippen LogP contribution in [0.5, 0.6) is 0 Å². The van der Waals surface area contributed by atoms with Crippen molar-refractivity contribution < 1.29 is 43.6 Å². The third kappa shape index (κ3) is 11.8. The Labute approximate surface area is 374 Å². The zero-order valence-electron chi connectivity index (χ0n) is 37.9. The molecule has 0 aliphatic carbocycles. The molecule has 7 unspecified atom stereocenters. The molecule has 8 N–H and O–H groups in total. The molecule has 5 rings (SSSR count). The van der Waals surface area contributed by atoms with Crippen molar-refractivity contribution in [1.82, 2.24) is 47.0 Å². The molecule has 3 aliphatic heterocycles. The first-order chi connectivity index (χ1) is 30.2. The summed E-state index contributed by atoms with van der Waals surface area (Å²) in [7, 11) is 3.23. The number of likely N-dealkylation sites (N-methyl/N-ethyl adjacent to an activating group) is 2. The van der Waals surface area contributed by atoms with Gasteiger partial charge in [0.2, 0.25) is 29.5 Å². The van der Waals surface area contributed by atoms with E-state index in [1.807, 2.05) is 53.7 Å². The number of nitrogens with zero attached hydrogens (tertiary/aromatic N) is 3. The first-order valence-corrected chi connectivity index (χ1v) is 21.7. The third-order valence-corrected chi connectivity index (χ3v) is 11.8. The molecule has 0 aromatic heterocycles. The van der Waals surface area contributed by atoms with Gasteiger partial charge in [-0.2, -0.15) is 0 Å². The van der Waals surface area contributed by atoms with Crippen molar-refractivity contribution in [3.8, 4) is 0 Å². The Hall–Kier alpha value is -5.92. The summed E-state index contributed by atoms with van der Waals surface area (Å²) < 4.78 is 0. The molecule has 348 valence electrons. The summed E-state index contributed by atoms with van der Waals surface area (Å²) >= 11 is 0. The van der Waals surface area contributed by atoms with E-state index in [1.165, 1.54) is 34.1 Å². The summed E-state index contributed by atoms with van der Waals surface area (Å²) in [6.45, 7) is 11.2. The minimum Gasteiger partial charge on any atom is -0.347 e. The third-order valence-electron chi connectivity index (χ3n) is 11.8. The van der Waals surface area contributed by atoms with Gasteiger partial charge in [-0.1, -0.05) is 59.7 Å². The van der Waals surface area contributed by atoms with E-state index in [4.69, 9.17) is 0 Å². The van der Waals surface area contributed by atoms with Gasteiger partial charge in [0.1, 0.15) is 24.4 Å². The molecule has 0 spiro atoms. The summed E-state index contributed by atoms with van der Waals surface area (Å²) in [6, 6.07) is 7.67. The Morgan fingerprint density at radius 1 is 0.703 bits per heavy atom. The summed E-state index contributed by atoms with van der Waals surface area (Å²) in [5.41, 5.74) is 0.322. The predicted molar refractivity (Wildman–Crippen MR) is 237 cm³/mol. The summed E-state index contributed by atoms with van der Waals surface area (Å²) in [6.07, 6.45) is 1.32. The van der Waals surface area contributed by atoms with Crippen molar-refractivity contribution in [2.75, 3.05) is 51.9 Å². The number of carbonyl (C=O) groups excluding carboxylic acids is 8. The lowest BCUT2D eigenvalue weighted by atomic mass is 9.85. The number of nitrogens with one attached hydrogen (secondary N) is 7. The minimum absolute atomic E-state index is 0.0101. The standard InChI is InChI=1S/C45H64N10O9/c1-44(2,3)37(51-35(57)21-46-7)42(62)53-23-28(19-30(53)25-56)48-39(59)26-13-15-27(16-14-26)40(60)49-29-20-34(41(61)50-32-17-18-55(64)33-12-10-9-11-31(32)33)54(24-29)43(63)38(45(4,5)6)52-36(58)22-47-8/h9-16,25,28-30,32,34,37-38,46-47,64H,17-24H2,1-8H3,(H,48,59)(H,49,60)(H,50,61)(H,51,57)(H,52,58). The van der Waals surface area contributed by atoms with Gasteiger partial charge < -0.3 is 51.8 Å². The largest absolute Gasteiger partial charge is 0.347 e. The molecule has 7 atom stereocenters. The number of hydrogen-bond acceptors (Lipinski definition) is 12. The summed E-state index contributed by atoms with van der Waals surface area (Å²) in [5, 5.41) is 31.6. The van der Waals surface area contributed by atoms with Gasteiger partial charge in [-0.25, -0.2) is 0 Å². The number of likely N-dealkylation sites (tertiary alicyclic amines) is 2. The Bertz CT molecular complexity index is 2070. The highest BCUT2D eigenvalue weighted by Crippen LogP contribution is 2.34. The van der Waals surface area contributed by atoms with Crippen LogP contribution >= 0.6 is 0 Å². The molecule has 0 radical (unpaired) electrons. The van der Waals surface area contributed by atoms with Gasteiger partial charge in [0, 0.05) is 48.4 Å².